The Morgan fingerprint density at radius 2 is 1.81 bits per heavy atom. The summed E-state index contributed by atoms with van der Waals surface area (Å²) < 4.78 is 13.2. The molecule has 2 atom stereocenters. The molecule has 5 heteroatoms. The van der Waals surface area contributed by atoms with E-state index >= 15 is 0 Å². The average molecular weight is 226 g/mol. The number of alkyl halides is 1. The first-order valence-corrected chi connectivity index (χ1v) is 5.07. The Balaban J connectivity index is 2.99. The molecule has 0 saturated carbocycles. The van der Waals surface area contributed by atoms with Crippen LogP contribution in [0, 0.1) is 16.0 Å². The van der Waals surface area contributed by atoms with Gasteiger partial charge in [0.25, 0.3) is 5.69 Å². The van der Waals surface area contributed by atoms with E-state index in [0.717, 1.165) is 0 Å². The van der Waals surface area contributed by atoms with Gasteiger partial charge in [-0.05, 0) is 11.5 Å². The second-order valence-corrected chi connectivity index (χ2v) is 4.06. The van der Waals surface area contributed by atoms with Gasteiger partial charge in [-0.15, -0.1) is 0 Å². The summed E-state index contributed by atoms with van der Waals surface area (Å²) >= 11 is 0. The van der Waals surface area contributed by atoms with Gasteiger partial charge in [0, 0.05) is 18.1 Å². The molecule has 0 spiro atoms. The van der Waals surface area contributed by atoms with Gasteiger partial charge in [-0.1, -0.05) is 26.0 Å². The van der Waals surface area contributed by atoms with Crippen LogP contribution in [0.3, 0.4) is 0 Å². The largest absolute Gasteiger partial charge is 0.301 e. The number of nitro groups is 1. The fourth-order valence-corrected chi connectivity index (χ4v) is 1.75. The van der Waals surface area contributed by atoms with E-state index in [1.165, 1.54) is 12.1 Å². The van der Waals surface area contributed by atoms with Gasteiger partial charge >= 0.3 is 0 Å². The summed E-state index contributed by atoms with van der Waals surface area (Å²) in [4.78, 5) is 9.97. The molecule has 0 aliphatic carbocycles. The number of rotatable bonds is 4. The molecule has 0 aliphatic heterocycles. The van der Waals surface area contributed by atoms with E-state index in [4.69, 9.17) is 5.73 Å². The molecule has 4 nitrogen and oxygen atoms in total. The van der Waals surface area contributed by atoms with Crippen molar-refractivity contribution in [3.63, 3.8) is 0 Å². The van der Waals surface area contributed by atoms with Crippen LogP contribution >= 0.6 is 0 Å². The van der Waals surface area contributed by atoms with Crippen molar-refractivity contribution in [2.75, 3.05) is 0 Å². The molecule has 0 bridgehead atoms. The van der Waals surface area contributed by atoms with E-state index in [-0.39, 0.29) is 11.6 Å². The number of halogens is 1. The van der Waals surface area contributed by atoms with E-state index in [2.05, 4.69) is 0 Å². The van der Waals surface area contributed by atoms with Crippen molar-refractivity contribution in [1.82, 2.24) is 0 Å². The van der Waals surface area contributed by atoms with Crippen molar-refractivity contribution in [2.45, 2.75) is 26.1 Å². The van der Waals surface area contributed by atoms with Gasteiger partial charge in [0.1, 0.15) is 0 Å². The Labute approximate surface area is 93.4 Å². The second kappa shape index (κ2) is 5.03. The third-order valence-electron chi connectivity index (χ3n) is 2.55. The topological polar surface area (TPSA) is 69.2 Å². The van der Waals surface area contributed by atoms with Gasteiger partial charge < -0.3 is 5.73 Å². The lowest BCUT2D eigenvalue weighted by molar-refractivity contribution is -0.384. The van der Waals surface area contributed by atoms with Crippen LogP contribution in [-0.2, 0) is 0 Å². The Kier molecular flexibility index (Phi) is 3.95. The normalized spacial score (nSPS) is 14.8. The van der Waals surface area contributed by atoms with Crippen molar-refractivity contribution in [3.8, 4) is 0 Å². The Hall–Kier alpha value is -1.49. The fraction of sp³-hybridized carbons (Fsp3) is 0.455. The highest BCUT2D eigenvalue weighted by Gasteiger charge is 2.23. The van der Waals surface area contributed by atoms with Crippen LogP contribution in [0.5, 0.6) is 0 Å². The average Bonchev–Trinajstić information content (AvgIpc) is 2.17. The summed E-state index contributed by atoms with van der Waals surface area (Å²) in [6, 6.07) is 5.85. The predicted molar refractivity (Wildman–Crippen MR) is 59.8 cm³/mol. The number of hydrogen-bond acceptors (Lipinski definition) is 3. The lowest BCUT2D eigenvalue weighted by Gasteiger charge is -2.22. The lowest BCUT2D eigenvalue weighted by atomic mass is 9.87. The fourth-order valence-electron chi connectivity index (χ4n) is 1.75. The lowest BCUT2D eigenvalue weighted by Crippen LogP contribution is -2.27. The van der Waals surface area contributed by atoms with Crippen molar-refractivity contribution >= 4 is 5.69 Å². The molecule has 1 rings (SSSR count). The minimum Gasteiger partial charge on any atom is -0.301 e. The zero-order valence-electron chi connectivity index (χ0n) is 9.26. The molecule has 1 aromatic rings. The number of nitrogens with two attached hydrogens (primary N) is 1. The maximum Gasteiger partial charge on any atom is 0.269 e. The first-order chi connectivity index (χ1) is 7.43. The first kappa shape index (κ1) is 12.6. The highest BCUT2D eigenvalue weighted by molar-refractivity contribution is 5.34. The maximum atomic E-state index is 13.2. The molecular formula is C11H15FN2O2. The third kappa shape index (κ3) is 2.76. The molecule has 2 unspecified atom stereocenters. The summed E-state index contributed by atoms with van der Waals surface area (Å²) in [7, 11) is 0. The van der Waals surface area contributed by atoms with Crippen molar-refractivity contribution in [3.05, 3.63) is 39.9 Å². The molecular weight excluding hydrogens is 211 g/mol. The van der Waals surface area contributed by atoms with E-state index in [1.807, 2.05) is 13.8 Å². The van der Waals surface area contributed by atoms with Crippen molar-refractivity contribution < 1.29 is 9.31 Å². The van der Waals surface area contributed by atoms with Gasteiger partial charge in [-0.25, -0.2) is 4.39 Å². The number of non-ortho nitro benzene ring substituents is 1. The Morgan fingerprint density at radius 3 is 2.12 bits per heavy atom. The minimum absolute atomic E-state index is 0.00122. The molecule has 1 aromatic carbocycles. The summed E-state index contributed by atoms with van der Waals surface area (Å²) in [5.74, 6) is -0.387. The zero-order valence-corrected chi connectivity index (χ0v) is 9.26. The Morgan fingerprint density at radius 1 is 1.31 bits per heavy atom. The molecule has 0 radical (unpaired) electrons. The van der Waals surface area contributed by atoms with Crippen LogP contribution < -0.4 is 5.73 Å². The SMILES string of the molecule is CC(C)C(c1ccc([N+](=O)[O-])cc1)C(N)F. The minimum atomic E-state index is -1.46. The number of nitrogens with zero attached hydrogens (tertiary/aromatic N) is 1. The molecule has 0 amide bonds. The molecule has 0 saturated heterocycles. The van der Waals surface area contributed by atoms with E-state index < -0.39 is 17.1 Å². The van der Waals surface area contributed by atoms with Gasteiger partial charge in [-0.3, -0.25) is 10.1 Å². The van der Waals surface area contributed by atoms with E-state index in [9.17, 15) is 14.5 Å². The van der Waals surface area contributed by atoms with Crippen LogP contribution in [0.2, 0.25) is 0 Å². The molecule has 0 aromatic heterocycles. The molecule has 0 aliphatic rings. The standard InChI is InChI=1S/C11H15FN2O2/c1-7(2)10(11(12)13)8-3-5-9(6-4-8)14(15)16/h3-7,10-11H,13H2,1-2H3. The van der Waals surface area contributed by atoms with Crippen LogP contribution in [0.25, 0.3) is 0 Å². The maximum absolute atomic E-state index is 13.2. The molecule has 0 fully saturated rings. The van der Waals surface area contributed by atoms with Gasteiger partial charge in [0.15, 0.2) is 6.30 Å². The molecule has 16 heavy (non-hydrogen) atoms. The first-order valence-electron chi connectivity index (χ1n) is 5.07. The highest BCUT2D eigenvalue weighted by Crippen LogP contribution is 2.28. The van der Waals surface area contributed by atoms with E-state index in [1.54, 1.807) is 12.1 Å². The van der Waals surface area contributed by atoms with Crippen molar-refractivity contribution in [1.29, 1.82) is 0 Å². The van der Waals surface area contributed by atoms with Gasteiger partial charge in [0.2, 0.25) is 0 Å². The Bertz CT molecular complexity index is 355. The van der Waals surface area contributed by atoms with Crippen LogP contribution in [0.1, 0.15) is 25.3 Å². The number of hydrogen-bond donors (Lipinski definition) is 1. The highest BCUT2D eigenvalue weighted by atomic mass is 19.1. The quantitative estimate of drug-likeness (QED) is 0.487. The molecule has 2 N–H and O–H groups in total. The monoisotopic (exact) mass is 226 g/mol. The van der Waals surface area contributed by atoms with E-state index in [0.29, 0.717) is 5.56 Å². The van der Waals surface area contributed by atoms with Crippen LogP contribution in [0.4, 0.5) is 10.1 Å². The summed E-state index contributed by atoms with van der Waals surface area (Å²) in [6.07, 6.45) is -1.46. The summed E-state index contributed by atoms with van der Waals surface area (Å²) in [5.41, 5.74) is 5.96. The van der Waals surface area contributed by atoms with Crippen LogP contribution in [0.15, 0.2) is 24.3 Å². The summed E-state index contributed by atoms with van der Waals surface area (Å²) in [5, 5.41) is 10.5. The zero-order chi connectivity index (χ0) is 12.3. The third-order valence-corrected chi connectivity index (χ3v) is 2.55. The smallest absolute Gasteiger partial charge is 0.269 e. The number of benzene rings is 1. The molecule has 0 heterocycles. The number of nitro benzene ring substituents is 1. The van der Waals surface area contributed by atoms with Crippen molar-refractivity contribution in [2.24, 2.45) is 11.7 Å². The molecule has 88 valence electrons. The van der Waals surface area contributed by atoms with Crippen LogP contribution in [-0.4, -0.2) is 11.2 Å². The predicted octanol–water partition coefficient (Wildman–Crippen LogP) is 2.59. The summed E-state index contributed by atoms with van der Waals surface area (Å²) in [6.45, 7) is 3.73. The van der Waals surface area contributed by atoms with Gasteiger partial charge in [-0.2, -0.15) is 0 Å². The second-order valence-electron chi connectivity index (χ2n) is 4.06. The van der Waals surface area contributed by atoms with Gasteiger partial charge in [0.05, 0.1) is 4.92 Å².